The average Bonchev–Trinajstić information content (AvgIpc) is 3.08. The molecule has 2 aromatic rings. The molecule has 0 amide bonds. The first kappa shape index (κ1) is 15.0. The van der Waals surface area contributed by atoms with Crippen LogP contribution < -0.4 is 10.2 Å². The lowest BCUT2D eigenvalue weighted by atomic mass is 10.0. The lowest BCUT2D eigenvalue weighted by Crippen LogP contribution is -2.48. The van der Waals surface area contributed by atoms with Crippen LogP contribution in [-0.2, 0) is 6.42 Å². The standard InChI is InChI=1S/C17H24N4O/c1-14(8-9-16-6-4-12-22-16)19-15-5-3-11-21(13-15)17-7-2-10-18-20-17/h2,4,6-7,10,12,14-15,19H,3,5,8-9,11,13H2,1H3/t14-,15-/m0/s1. The summed E-state index contributed by atoms with van der Waals surface area (Å²) in [6.45, 7) is 4.33. The van der Waals surface area contributed by atoms with Crippen molar-refractivity contribution in [3.8, 4) is 0 Å². The van der Waals surface area contributed by atoms with E-state index in [9.17, 15) is 0 Å². The lowest BCUT2D eigenvalue weighted by molar-refractivity contribution is 0.366. The van der Waals surface area contributed by atoms with Crippen molar-refractivity contribution in [1.82, 2.24) is 15.5 Å². The molecule has 118 valence electrons. The van der Waals surface area contributed by atoms with Gasteiger partial charge in [0, 0.05) is 37.8 Å². The zero-order valence-corrected chi connectivity index (χ0v) is 13.1. The second kappa shape index (κ2) is 7.40. The Hall–Kier alpha value is -1.88. The molecule has 2 atom stereocenters. The smallest absolute Gasteiger partial charge is 0.151 e. The van der Waals surface area contributed by atoms with E-state index in [-0.39, 0.29) is 0 Å². The highest BCUT2D eigenvalue weighted by Crippen LogP contribution is 2.17. The molecule has 1 fully saturated rings. The fourth-order valence-corrected chi connectivity index (χ4v) is 3.08. The maximum Gasteiger partial charge on any atom is 0.151 e. The van der Waals surface area contributed by atoms with Crippen LogP contribution in [0.15, 0.2) is 41.1 Å². The number of piperidine rings is 1. The molecule has 0 unspecified atom stereocenters. The number of hydrogen-bond acceptors (Lipinski definition) is 5. The number of aryl methyl sites for hydroxylation is 1. The largest absolute Gasteiger partial charge is 0.469 e. The number of nitrogens with one attached hydrogen (secondary N) is 1. The van der Waals surface area contributed by atoms with Crippen molar-refractivity contribution in [2.75, 3.05) is 18.0 Å². The summed E-state index contributed by atoms with van der Waals surface area (Å²) in [5.41, 5.74) is 0. The van der Waals surface area contributed by atoms with Crippen molar-refractivity contribution in [1.29, 1.82) is 0 Å². The van der Waals surface area contributed by atoms with Gasteiger partial charge in [0.25, 0.3) is 0 Å². The summed E-state index contributed by atoms with van der Waals surface area (Å²) >= 11 is 0. The van der Waals surface area contributed by atoms with Gasteiger partial charge in [-0.15, -0.1) is 5.10 Å². The molecule has 22 heavy (non-hydrogen) atoms. The Morgan fingerprint density at radius 2 is 2.36 bits per heavy atom. The summed E-state index contributed by atoms with van der Waals surface area (Å²) in [4.78, 5) is 2.33. The van der Waals surface area contributed by atoms with E-state index in [0.29, 0.717) is 12.1 Å². The van der Waals surface area contributed by atoms with Gasteiger partial charge in [-0.05, 0) is 50.5 Å². The average molecular weight is 300 g/mol. The first-order valence-corrected chi connectivity index (χ1v) is 8.12. The van der Waals surface area contributed by atoms with Gasteiger partial charge in [-0.2, -0.15) is 5.10 Å². The van der Waals surface area contributed by atoms with Gasteiger partial charge in [-0.1, -0.05) is 0 Å². The summed E-state index contributed by atoms with van der Waals surface area (Å²) < 4.78 is 5.40. The predicted octanol–water partition coefficient (Wildman–Crippen LogP) is 2.65. The molecule has 5 nitrogen and oxygen atoms in total. The normalized spacial score (nSPS) is 20.0. The SMILES string of the molecule is C[C@@H](CCc1ccco1)N[C@H]1CCCN(c2cccnn2)C1. The summed E-state index contributed by atoms with van der Waals surface area (Å²) in [6.07, 6.45) is 7.96. The molecule has 0 radical (unpaired) electrons. The van der Waals surface area contributed by atoms with E-state index in [2.05, 4.69) is 27.3 Å². The van der Waals surface area contributed by atoms with Gasteiger partial charge in [0.2, 0.25) is 0 Å². The number of rotatable bonds is 6. The van der Waals surface area contributed by atoms with E-state index >= 15 is 0 Å². The van der Waals surface area contributed by atoms with Crippen molar-refractivity contribution < 1.29 is 4.42 Å². The van der Waals surface area contributed by atoms with Crippen molar-refractivity contribution >= 4 is 5.82 Å². The highest BCUT2D eigenvalue weighted by molar-refractivity contribution is 5.37. The minimum Gasteiger partial charge on any atom is -0.469 e. The van der Waals surface area contributed by atoms with Crippen LogP contribution in [0.25, 0.3) is 0 Å². The molecule has 1 aliphatic heterocycles. The Kier molecular flexibility index (Phi) is 5.06. The third kappa shape index (κ3) is 4.07. The predicted molar refractivity (Wildman–Crippen MR) is 86.9 cm³/mol. The zero-order valence-electron chi connectivity index (χ0n) is 13.1. The number of anilines is 1. The molecular weight excluding hydrogens is 276 g/mol. The Balaban J connectivity index is 1.47. The van der Waals surface area contributed by atoms with Gasteiger partial charge in [-0.25, -0.2) is 0 Å². The zero-order chi connectivity index (χ0) is 15.2. The summed E-state index contributed by atoms with van der Waals surface area (Å²) in [6, 6.07) is 8.98. The van der Waals surface area contributed by atoms with Crippen molar-refractivity contribution in [2.24, 2.45) is 0 Å². The highest BCUT2D eigenvalue weighted by atomic mass is 16.3. The second-order valence-electron chi connectivity index (χ2n) is 6.05. The number of aromatic nitrogens is 2. The van der Waals surface area contributed by atoms with E-state index in [1.54, 1.807) is 12.5 Å². The minimum absolute atomic E-state index is 0.483. The summed E-state index contributed by atoms with van der Waals surface area (Å²) in [7, 11) is 0. The highest BCUT2D eigenvalue weighted by Gasteiger charge is 2.22. The Morgan fingerprint density at radius 3 is 3.14 bits per heavy atom. The Morgan fingerprint density at radius 1 is 1.41 bits per heavy atom. The fraction of sp³-hybridized carbons (Fsp3) is 0.529. The van der Waals surface area contributed by atoms with Crippen molar-refractivity contribution in [3.63, 3.8) is 0 Å². The van der Waals surface area contributed by atoms with Gasteiger partial charge >= 0.3 is 0 Å². The van der Waals surface area contributed by atoms with Crippen LogP contribution >= 0.6 is 0 Å². The lowest BCUT2D eigenvalue weighted by Gasteiger charge is -2.35. The molecule has 5 heteroatoms. The summed E-state index contributed by atoms with van der Waals surface area (Å²) in [5.74, 6) is 2.05. The molecule has 0 aromatic carbocycles. The number of hydrogen-bond donors (Lipinski definition) is 1. The Labute approximate surface area is 131 Å². The van der Waals surface area contributed by atoms with Crippen molar-refractivity contribution in [3.05, 3.63) is 42.5 Å². The van der Waals surface area contributed by atoms with E-state index in [0.717, 1.165) is 37.5 Å². The molecular formula is C17H24N4O. The van der Waals surface area contributed by atoms with Crippen LogP contribution in [0.4, 0.5) is 5.82 Å². The van der Waals surface area contributed by atoms with E-state index in [4.69, 9.17) is 4.42 Å². The van der Waals surface area contributed by atoms with Gasteiger partial charge < -0.3 is 14.6 Å². The van der Waals surface area contributed by atoms with Crippen molar-refractivity contribution in [2.45, 2.75) is 44.7 Å². The second-order valence-corrected chi connectivity index (χ2v) is 6.05. The maximum absolute atomic E-state index is 5.40. The molecule has 1 N–H and O–H groups in total. The van der Waals surface area contributed by atoms with Crippen LogP contribution in [0.3, 0.4) is 0 Å². The van der Waals surface area contributed by atoms with Crippen LogP contribution in [0.5, 0.6) is 0 Å². The van der Waals surface area contributed by atoms with Gasteiger partial charge in [0.15, 0.2) is 5.82 Å². The van der Waals surface area contributed by atoms with E-state index < -0.39 is 0 Å². The fourth-order valence-electron chi connectivity index (χ4n) is 3.08. The molecule has 0 saturated carbocycles. The monoisotopic (exact) mass is 300 g/mol. The Bertz CT molecular complexity index is 543. The third-order valence-electron chi connectivity index (χ3n) is 4.23. The molecule has 0 spiro atoms. The van der Waals surface area contributed by atoms with Crippen LogP contribution in [0, 0.1) is 0 Å². The van der Waals surface area contributed by atoms with Crippen LogP contribution in [-0.4, -0.2) is 35.4 Å². The number of nitrogens with zero attached hydrogens (tertiary/aromatic N) is 3. The molecule has 1 saturated heterocycles. The maximum atomic E-state index is 5.40. The van der Waals surface area contributed by atoms with Crippen LogP contribution in [0.1, 0.15) is 31.9 Å². The third-order valence-corrected chi connectivity index (χ3v) is 4.23. The van der Waals surface area contributed by atoms with Crippen LogP contribution in [0.2, 0.25) is 0 Å². The van der Waals surface area contributed by atoms with Gasteiger partial charge in [-0.3, -0.25) is 0 Å². The first-order chi connectivity index (χ1) is 10.8. The molecule has 3 rings (SSSR count). The molecule has 0 aliphatic carbocycles. The first-order valence-electron chi connectivity index (χ1n) is 8.12. The molecule has 0 bridgehead atoms. The molecule has 3 heterocycles. The van der Waals surface area contributed by atoms with E-state index in [1.165, 1.54) is 12.8 Å². The number of furan rings is 1. The topological polar surface area (TPSA) is 54.2 Å². The van der Waals surface area contributed by atoms with E-state index in [1.807, 2.05) is 24.3 Å². The van der Waals surface area contributed by atoms with Gasteiger partial charge in [0.1, 0.15) is 5.76 Å². The molecule has 1 aliphatic rings. The molecule has 2 aromatic heterocycles. The summed E-state index contributed by atoms with van der Waals surface area (Å²) in [5, 5.41) is 12.0. The van der Waals surface area contributed by atoms with Gasteiger partial charge in [0.05, 0.1) is 6.26 Å². The quantitative estimate of drug-likeness (QED) is 0.889. The minimum atomic E-state index is 0.483.